The fourth-order valence-electron chi connectivity index (χ4n) is 1.64. The average molecular weight is 246 g/mol. The van der Waals surface area contributed by atoms with Crippen LogP contribution < -0.4 is 0 Å². The van der Waals surface area contributed by atoms with Crippen LogP contribution in [0.4, 0.5) is 0 Å². The van der Waals surface area contributed by atoms with Crippen LogP contribution in [-0.4, -0.2) is 10.8 Å². The van der Waals surface area contributed by atoms with Gasteiger partial charge < -0.3 is 0 Å². The highest BCUT2D eigenvalue weighted by Gasteiger charge is 2.13. The van der Waals surface area contributed by atoms with E-state index in [-0.39, 0.29) is 5.78 Å². The lowest BCUT2D eigenvalue weighted by Gasteiger charge is -2.05. The van der Waals surface area contributed by atoms with E-state index in [0.29, 0.717) is 16.1 Å². The van der Waals surface area contributed by atoms with Crippen molar-refractivity contribution in [2.75, 3.05) is 0 Å². The molecule has 0 radical (unpaired) electrons. The van der Waals surface area contributed by atoms with Crippen LogP contribution in [-0.2, 0) is 0 Å². The summed E-state index contributed by atoms with van der Waals surface area (Å²) in [7, 11) is 0. The lowest BCUT2D eigenvalue weighted by molar-refractivity contribution is 0.103. The fraction of sp³-hybridized carbons (Fsp3) is 0.143. The molecule has 1 heterocycles. The van der Waals surface area contributed by atoms with Gasteiger partial charge in [0.1, 0.15) is 0 Å². The normalized spacial score (nSPS) is 10.3. The molecule has 0 saturated carbocycles. The number of nitrogens with zero attached hydrogens (tertiary/aromatic N) is 1. The average Bonchev–Trinajstić information content (AvgIpc) is 2.28. The number of rotatable bonds is 2. The smallest absolute Gasteiger partial charge is 0.196 e. The zero-order valence-electron chi connectivity index (χ0n) is 9.70. The van der Waals surface area contributed by atoms with Gasteiger partial charge in [0.25, 0.3) is 0 Å². The quantitative estimate of drug-likeness (QED) is 0.757. The molecule has 0 aliphatic rings. The maximum absolute atomic E-state index is 12.2. The van der Waals surface area contributed by atoms with Crippen LogP contribution in [0.1, 0.15) is 27.0 Å². The SMILES string of the molecule is Cc1cncc(C(=O)c2ccc(C)cc2Cl)c1. The third-order valence-corrected chi connectivity index (χ3v) is 2.82. The molecule has 0 unspecified atom stereocenters. The van der Waals surface area contributed by atoms with Crippen LogP contribution in [0.15, 0.2) is 36.7 Å². The van der Waals surface area contributed by atoms with Gasteiger partial charge in [-0.25, -0.2) is 0 Å². The van der Waals surface area contributed by atoms with Gasteiger partial charge in [0.15, 0.2) is 5.78 Å². The number of aromatic nitrogens is 1. The first-order valence-corrected chi connectivity index (χ1v) is 5.68. The predicted octanol–water partition coefficient (Wildman–Crippen LogP) is 3.58. The molecule has 17 heavy (non-hydrogen) atoms. The molecule has 2 aromatic rings. The Labute approximate surface area is 105 Å². The van der Waals surface area contributed by atoms with Gasteiger partial charge in [-0.15, -0.1) is 0 Å². The Morgan fingerprint density at radius 3 is 2.53 bits per heavy atom. The third kappa shape index (κ3) is 2.53. The molecule has 3 heteroatoms. The third-order valence-electron chi connectivity index (χ3n) is 2.51. The summed E-state index contributed by atoms with van der Waals surface area (Å²) in [5.74, 6) is -0.0915. The minimum absolute atomic E-state index is 0.0915. The molecule has 0 atom stereocenters. The highest BCUT2D eigenvalue weighted by atomic mass is 35.5. The molecule has 2 nitrogen and oxygen atoms in total. The van der Waals surface area contributed by atoms with E-state index in [0.717, 1.165) is 11.1 Å². The van der Waals surface area contributed by atoms with Crippen LogP contribution in [0, 0.1) is 13.8 Å². The lowest BCUT2D eigenvalue weighted by atomic mass is 10.0. The molecular weight excluding hydrogens is 234 g/mol. The van der Waals surface area contributed by atoms with Crippen molar-refractivity contribution >= 4 is 17.4 Å². The maximum atomic E-state index is 12.2. The molecule has 0 spiro atoms. The number of hydrogen-bond donors (Lipinski definition) is 0. The number of carbonyl (C=O) groups excluding carboxylic acids is 1. The van der Waals surface area contributed by atoms with Crippen molar-refractivity contribution in [3.8, 4) is 0 Å². The second-order valence-corrected chi connectivity index (χ2v) is 4.47. The van der Waals surface area contributed by atoms with E-state index < -0.39 is 0 Å². The van der Waals surface area contributed by atoms with Gasteiger partial charge in [-0.1, -0.05) is 17.7 Å². The molecule has 0 N–H and O–H groups in total. The molecule has 0 amide bonds. The summed E-state index contributed by atoms with van der Waals surface area (Å²) in [6.07, 6.45) is 3.28. The number of halogens is 1. The first-order chi connectivity index (χ1) is 8.08. The topological polar surface area (TPSA) is 30.0 Å². The van der Waals surface area contributed by atoms with Crippen molar-refractivity contribution < 1.29 is 4.79 Å². The van der Waals surface area contributed by atoms with E-state index in [1.54, 1.807) is 24.5 Å². The van der Waals surface area contributed by atoms with Crippen LogP contribution in [0.3, 0.4) is 0 Å². The Balaban J connectivity index is 2.44. The van der Waals surface area contributed by atoms with Gasteiger partial charge in [-0.05, 0) is 43.2 Å². The molecular formula is C14H12ClNO. The summed E-state index contributed by atoms with van der Waals surface area (Å²) in [6.45, 7) is 3.84. The Morgan fingerprint density at radius 1 is 1.12 bits per heavy atom. The summed E-state index contributed by atoms with van der Waals surface area (Å²) in [5, 5.41) is 0.483. The molecule has 2 rings (SSSR count). The van der Waals surface area contributed by atoms with E-state index in [1.807, 2.05) is 26.0 Å². The summed E-state index contributed by atoms with van der Waals surface area (Å²) >= 11 is 6.07. The van der Waals surface area contributed by atoms with Gasteiger partial charge >= 0.3 is 0 Å². The van der Waals surface area contributed by atoms with Crippen LogP contribution in [0.5, 0.6) is 0 Å². The molecule has 86 valence electrons. The molecule has 0 aliphatic carbocycles. The Morgan fingerprint density at radius 2 is 1.88 bits per heavy atom. The Bertz CT molecular complexity index is 578. The van der Waals surface area contributed by atoms with Gasteiger partial charge in [-0.2, -0.15) is 0 Å². The van der Waals surface area contributed by atoms with Crippen molar-refractivity contribution in [2.24, 2.45) is 0 Å². The minimum atomic E-state index is -0.0915. The molecule has 0 fully saturated rings. The fourth-order valence-corrected chi connectivity index (χ4v) is 1.96. The van der Waals surface area contributed by atoms with Crippen LogP contribution in [0.2, 0.25) is 5.02 Å². The standard InChI is InChI=1S/C14H12ClNO/c1-9-3-4-12(13(15)6-9)14(17)11-5-10(2)7-16-8-11/h3-8H,1-2H3. The molecule has 1 aromatic carbocycles. The van der Waals surface area contributed by atoms with Crippen molar-refractivity contribution in [3.05, 3.63) is 63.9 Å². The number of aryl methyl sites for hydroxylation is 2. The summed E-state index contributed by atoms with van der Waals surface area (Å²) in [4.78, 5) is 16.2. The molecule has 0 saturated heterocycles. The van der Waals surface area contributed by atoms with Crippen molar-refractivity contribution in [2.45, 2.75) is 13.8 Å². The van der Waals surface area contributed by atoms with E-state index >= 15 is 0 Å². The van der Waals surface area contributed by atoms with E-state index in [1.165, 1.54) is 0 Å². The van der Waals surface area contributed by atoms with Crippen molar-refractivity contribution in [1.82, 2.24) is 4.98 Å². The highest BCUT2D eigenvalue weighted by Crippen LogP contribution is 2.20. The first-order valence-electron chi connectivity index (χ1n) is 5.30. The van der Waals surface area contributed by atoms with Crippen molar-refractivity contribution in [3.63, 3.8) is 0 Å². The zero-order chi connectivity index (χ0) is 12.4. The van der Waals surface area contributed by atoms with Gasteiger partial charge in [0, 0.05) is 23.5 Å². The van der Waals surface area contributed by atoms with Gasteiger partial charge in [0.05, 0.1) is 5.02 Å². The minimum Gasteiger partial charge on any atom is -0.288 e. The molecule has 0 aliphatic heterocycles. The highest BCUT2D eigenvalue weighted by molar-refractivity contribution is 6.35. The van der Waals surface area contributed by atoms with Gasteiger partial charge in [-0.3, -0.25) is 9.78 Å². The number of benzene rings is 1. The summed E-state index contributed by atoms with van der Waals surface area (Å²) in [6, 6.07) is 7.23. The largest absolute Gasteiger partial charge is 0.288 e. The second-order valence-electron chi connectivity index (χ2n) is 4.06. The Kier molecular flexibility index (Phi) is 3.25. The lowest BCUT2D eigenvalue weighted by Crippen LogP contribution is -2.03. The summed E-state index contributed by atoms with van der Waals surface area (Å²) < 4.78 is 0. The first kappa shape index (κ1) is 11.8. The van der Waals surface area contributed by atoms with E-state index in [2.05, 4.69) is 4.98 Å². The number of hydrogen-bond acceptors (Lipinski definition) is 2. The van der Waals surface area contributed by atoms with E-state index in [9.17, 15) is 4.79 Å². The second kappa shape index (κ2) is 4.68. The zero-order valence-corrected chi connectivity index (χ0v) is 10.5. The number of carbonyl (C=O) groups is 1. The van der Waals surface area contributed by atoms with Crippen LogP contribution >= 0.6 is 11.6 Å². The number of pyridine rings is 1. The van der Waals surface area contributed by atoms with Crippen molar-refractivity contribution in [1.29, 1.82) is 0 Å². The van der Waals surface area contributed by atoms with E-state index in [4.69, 9.17) is 11.6 Å². The predicted molar refractivity (Wildman–Crippen MR) is 68.6 cm³/mol. The molecule has 1 aromatic heterocycles. The monoisotopic (exact) mass is 245 g/mol. The van der Waals surface area contributed by atoms with Crippen LogP contribution in [0.25, 0.3) is 0 Å². The Hall–Kier alpha value is -1.67. The van der Waals surface area contributed by atoms with Gasteiger partial charge in [0.2, 0.25) is 0 Å². The number of ketones is 1. The molecule has 0 bridgehead atoms. The maximum Gasteiger partial charge on any atom is 0.196 e. The summed E-state index contributed by atoms with van der Waals surface area (Å²) in [5.41, 5.74) is 3.08.